The SMILES string of the molecule is Cc1onc(-c2ccc(F)cc2)c1COc1ccc2c(n1)CCNC2.Cl. The molecule has 3 aromatic rings. The summed E-state index contributed by atoms with van der Waals surface area (Å²) >= 11 is 0. The average Bonchev–Trinajstić information content (AvgIpc) is 3.01. The summed E-state index contributed by atoms with van der Waals surface area (Å²) in [5.41, 5.74) is 4.59. The molecule has 0 fully saturated rings. The van der Waals surface area contributed by atoms with E-state index in [4.69, 9.17) is 9.26 Å². The van der Waals surface area contributed by atoms with Crippen molar-refractivity contribution in [3.63, 3.8) is 0 Å². The van der Waals surface area contributed by atoms with Crippen LogP contribution < -0.4 is 10.1 Å². The Labute approximate surface area is 157 Å². The van der Waals surface area contributed by atoms with Gasteiger partial charge in [-0.3, -0.25) is 0 Å². The van der Waals surface area contributed by atoms with Crippen molar-refractivity contribution in [2.75, 3.05) is 6.54 Å². The molecule has 0 radical (unpaired) electrons. The summed E-state index contributed by atoms with van der Waals surface area (Å²) in [7, 11) is 0. The maximum atomic E-state index is 13.1. The molecule has 0 spiro atoms. The Morgan fingerprint density at radius 2 is 2.00 bits per heavy atom. The van der Waals surface area contributed by atoms with Crippen molar-refractivity contribution >= 4 is 12.4 Å². The molecule has 0 saturated carbocycles. The first kappa shape index (κ1) is 18.4. The highest BCUT2D eigenvalue weighted by Crippen LogP contribution is 2.27. The molecule has 7 heteroatoms. The lowest BCUT2D eigenvalue weighted by Crippen LogP contribution is -2.24. The van der Waals surface area contributed by atoms with Crippen molar-refractivity contribution in [2.24, 2.45) is 0 Å². The highest BCUT2D eigenvalue weighted by atomic mass is 35.5. The van der Waals surface area contributed by atoms with E-state index in [1.165, 1.54) is 17.7 Å². The molecule has 0 unspecified atom stereocenters. The quantitative estimate of drug-likeness (QED) is 0.751. The van der Waals surface area contributed by atoms with Crippen LogP contribution in [0.25, 0.3) is 11.3 Å². The van der Waals surface area contributed by atoms with Gasteiger partial charge in [-0.05, 0) is 36.8 Å². The number of nitrogens with one attached hydrogen (secondary N) is 1. The Balaban J connectivity index is 0.00000196. The smallest absolute Gasteiger partial charge is 0.213 e. The Morgan fingerprint density at radius 1 is 1.19 bits per heavy atom. The number of aromatic nitrogens is 2. The van der Waals surface area contributed by atoms with E-state index in [1.54, 1.807) is 12.1 Å². The number of hydrogen-bond acceptors (Lipinski definition) is 5. The summed E-state index contributed by atoms with van der Waals surface area (Å²) in [6, 6.07) is 10.1. The molecule has 2 aromatic heterocycles. The maximum absolute atomic E-state index is 13.1. The van der Waals surface area contributed by atoms with Crippen LogP contribution in [-0.4, -0.2) is 16.7 Å². The highest BCUT2D eigenvalue weighted by Gasteiger charge is 2.17. The second-order valence-electron chi connectivity index (χ2n) is 6.04. The minimum Gasteiger partial charge on any atom is -0.473 e. The summed E-state index contributed by atoms with van der Waals surface area (Å²) in [5, 5.41) is 7.42. The maximum Gasteiger partial charge on any atom is 0.213 e. The van der Waals surface area contributed by atoms with Crippen molar-refractivity contribution in [3.8, 4) is 17.1 Å². The van der Waals surface area contributed by atoms with Gasteiger partial charge in [0.05, 0.1) is 11.3 Å². The summed E-state index contributed by atoms with van der Waals surface area (Å²) in [5.74, 6) is 0.988. The van der Waals surface area contributed by atoms with Gasteiger partial charge in [-0.15, -0.1) is 12.4 Å². The minimum atomic E-state index is -0.283. The number of ether oxygens (including phenoxy) is 1. The van der Waals surface area contributed by atoms with Crippen molar-refractivity contribution in [2.45, 2.75) is 26.5 Å². The van der Waals surface area contributed by atoms with Gasteiger partial charge in [-0.25, -0.2) is 9.37 Å². The molecule has 5 nitrogen and oxygen atoms in total. The zero-order valence-corrected chi connectivity index (χ0v) is 15.1. The molecule has 0 aliphatic carbocycles. The largest absolute Gasteiger partial charge is 0.473 e. The predicted molar refractivity (Wildman–Crippen MR) is 97.9 cm³/mol. The predicted octanol–water partition coefficient (Wildman–Crippen LogP) is 3.83. The first-order chi connectivity index (χ1) is 12.2. The van der Waals surface area contributed by atoms with E-state index in [1.807, 2.05) is 19.1 Å². The molecule has 1 N–H and O–H groups in total. The van der Waals surface area contributed by atoms with Gasteiger partial charge in [0, 0.05) is 31.1 Å². The van der Waals surface area contributed by atoms with Crippen LogP contribution in [0.4, 0.5) is 4.39 Å². The van der Waals surface area contributed by atoms with Crippen LogP contribution >= 0.6 is 12.4 Å². The third kappa shape index (κ3) is 3.71. The molecule has 1 aromatic carbocycles. The van der Waals surface area contributed by atoms with Crippen LogP contribution in [0.2, 0.25) is 0 Å². The molecular weight excluding hydrogens is 357 g/mol. The van der Waals surface area contributed by atoms with E-state index >= 15 is 0 Å². The number of pyridine rings is 1. The van der Waals surface area contributed by atoms with E-state index in [-0.39, 0.29) is 18.2 Å². The Hall–Kier alpha value is -2.44. The van der Waals surface area contributed by atoms with Crippen LogP contribution in [0.5, 0.6) is 5.88 Å². The monoisotopic (exact) mass is 375 g/mol. The number of fused-ring (bicyclic) bond motifs is 1. The Morgan fingerprint density at radius 3 is 2.81 bits per heavy atom. The molecular formula is C19H19ClFN3O2. The molecule has 0 amide bonds. The lowest BCUT2D eigenvalue weighted by Gasteiger charge is -2.16. The minimum absolute atomic E-state index is 0. The number of hydrogen-bond donors (Lipinski definition) is 1. The Bertz CT molecular complexity index is 896. The van der Waals surface area contributed by atoms with Gasteiger partial charge in [0.25, 0.3) is 0 Å². The van der Waals surface area contributed by atoms with E-state index in [0.29, 0.717) is 23.9 Å². The molecule has 4 rings (SSSR count). The molecule has 0 saturated heterocycles. The molecule has 1 aliphatic heterocycles. The van der Waals surface area contributed by atoms with Crippen molar-refractivity contribution in [1.29, 1.82) is 0 Å². The number of benzene rings is 1. The van der Waals surface area contributed by atoms with Gasteiger partial charge in [0.2, 0.25) is 5.88 Å². The van der Waals surface area contributed by atoms with Crippen molar-refractivity contribution in [1.82, 2.24) is 15.5 Å². The second-order valence-corrected chi connectivity index (χ2v) is 6.04. The zero-order valence-electron chi connectivity index (χ0n) is 14.3. The first-order valence-electron chi connectivity index (χ1n) is 8.24. The van der Waals surface area contributed by atoms with Crippen LogP contribution in [-0.2, 0) is 19.6 Å². The van der Waals surface area contributed by atoms with E-state index in [9.17, 15) is 4.39 Å². The zero-order chi connectivity index (χ0) is 17.2. The fraction of sp³-hybridized carbons (Fsp3) is 0.263. The van der Waals surface area contributed by atoms with Crippen LogP contribution in [0, 0.1) is 12.7 Å². The Kier molecular flexibility index (Phi) is 5.54. The first-order valence-corrected chi connectivity index (χ1v) is 8.24. The lowest BCUT2D eigenvalue weighted by atomic mass is 10.1. The van der Waals surface area contributed by atoms with Crippen molar-refractivity contribution < 1.29 is 13.7 Å². The molecule has 0 atom stereocenters. The van der Waals surface area contributed by atoms with Gasteiger partial charge < -0.3 is 14.6 Å². The fourth-order valence-electron chi connectivity index (χ4n) is 2.94. The molecule has 26 heavy (non-hydrogen) atoms. The van der Waals surface area contributed by atoms with Gasteiger partial charge >= 0.3 is 0 Å². The van der Waals surface area contributed by atoms with Gasteiger partial charge in [-0.1, -0.05) is 11.2 Å². The van der Waals surface area contributed by atoms with Gasteiger partial charge in [0.15, 0.2) is 0 Å². The average molecular weight is 376 g/mol. The van der Waals surface area contributed by atoms with E-state index in [0.717, 1.165) is 36.3 Å². The normalized spacial score (nSPS) is 13.0. The molecule has 1 aliphatic rings. The number of nitrogens with zero attached hydrogens (tertiary/aromatic N) is 2. The van der Waals surface area contributed by atoms with Crippen LogP contribution in [0.3, 0.4) is 0 Å². The third-order valence-electron chi connectivity index (χ3n) is 4.36. The number of aryl methyl sites for hydroxylation is 1. The van der Waals surface area contributed by atoms with Gasteiger partial charge in [-0.2, -0.15) is 0 Å². The topological polar surface area (TPSA) is 60.2 Å². The van der Waals surface area contributed by atoms with Crippen LogP contribution in [0.1, 0.15) is 22.6 Å². The second kappa shape index (κ2) is 7.85. The molecule has 0 bridgehead atoms. The summed E-state index contributed by atoms with van der Waals surface area (Å²) in [6.45, 7) is 3.92. The standard InChI is InChI=1S/C19H18FN3O2.ClH/c1-12-16(19(23-25-12)13-2-5-15(20)6-3-13)11-24-18-7-4-14-10-21-9-8-17(14)22-18;/h2-7,21H,8-11H2,1H3;1H. The van der Waals surface area contributed by atoms with Crippen LogP contribution in [0.15, 0.2) is 40.9 Å². The molecule has 136 valence electrons. The summed E-state index contributed by atoms with van der Waals surface area (Å²) in [6.07, 6.45) is 0.902. The van der Waals surface area contributed by atoms with Gasteiger partial charge in [0.1, 0.15) is 23.9 Å². The fourth-order valence-corrected chi connectivity index (χ4v) is 2.94. The lowest BCUT2D eigenvalue weighted by molar-refractivity contribution is 0.289. The van der Waals surface area contributed by atoms with Crippen molar-refractivity contribution in [3.05, 3.63) is 64.8 Å². The van der Waals surface area contributed by atoms with E-state index in [2.05, 4.69) is 15.5 Å². The third-order valence-corrected chi connectivity index (χ3v) is 4.36. The summed E-state index contributed by atoms with van der Waals surface area (Å²) < 4.78 is 24.3. The highest BCUT2D eigenvalue weighted by molar-refractivity contribution is 5.85. The number of rotatable bonds is 4. The van der Waals surface area contributed by atoms with E-state index < -0.39 is 0 Å². The number of halogens is 2. The summed E-state index contributed by atoms with van der Waals surface area (Å²) in [4.78, 5) is 4.59. The molecule has 3 heterocycles.